The van der Waals surface area contributed by atoms with E-state index in [4.69, 9.17) is 5.11 Å². The van der Waals surface area contributed by atoms with Gasteiger partial charge in [-0.15, -0.1) is 0 Å². The van der Waals surface area contributed by atoms with Gasteiger partial charge in [-0.25, -0.2) is 14.6 Å². The van der Waals surface area contributed by atoms with Crippen molar-refractivity contribution >= 4 is 17.7 Å². The van der Waals surface area contributed by atoms with Gasteiger partial charge >= 0.3 is 12.0 Å². The standard InChI is InChI=1S/C19H17N5O3/c25-18(26)13-2-1-3-14(10-13)23-19(27)24-9-6-15-16(22-11-21-15)17(24)12-4-7-20-8-5-12/h1-5,7-8,10-11,17H,6,9H2,(H,21,22)(H,23,27)(H,25,26)/t17-/m1/s1. The van der Waals surface area contributed by atoms with Crippen LogP contribution in [0.1, 0.15) is 33.4 Å². The molecule has 8 nitrogen and oxygen atoms in total. The smallest absolute Gasteiger partial charge is 0.335 e. The molecule has 1 aliphatic rings. The van der Waals surface area contributed by atoms with Crippen LogP contribution in [-0.4, -0.2) is 43.5 Å². The topological polar surface area (TPSA) is 111 Å². The van der Waals surface area contributed by atoms with Gasteiger partial charge in [-0.3, -0.25) is 4.98 Å². The summed E-state index contributed by atoms with van der Waals surface area (Å²) >= 11 is 0. The van der Waals surface area contributed by atoms with E-state index in [1.54, 1.807) is 35.8 Å². The van der Waals surface area contributed by atoms with Crippen molar-refractivity contribution in [2.75, 3.05) is 11.9 Å². The van der Waals surface area contributed by atoms with Crippen LogP contribution in [0.2, 0.25) is 0 Å². The van der Waals surface area contributed by atoms with Crippen molar-refractivity contribution in [1.29, 1.82) is 0 Å². The number of carboxylic acid groups (broad SMARTS) is 1. The van der Waals surface area contributed by atoms with Crippen molar-refractivity contribution < 1.29 is 14.7 Å². The first-order valence-corrected chi connectivity index (χ1v) is 8.46. The monoisotopic (exact) mass is 363 g/mol. The second-order valence-electron chi connectivity index (χ2n) is 6.21. The van der Waals surface area contributed by atoms with E-state index in [9.17, 15) is 9.59 Å². The number of aromatic carboxylic acids is 1. The van der Waals surface area contributed by atoms with Crippen molar-refractivity contribution in [3.8, 4) is 0 Å². The maximum atomic E-state index is 13.0. The number of aromatic nitrogens is 3. The number of nitrogens with zero attached hydrogens (tertiary/aromatic N) is 3. The Kier molecular flexibility index (Phi) is 4.29. The molecule has 4 rings (SSSR count). The number of imidazole rings is 1. The summed E-state index contributed by atoms with van der Waals surface area (Å²) < 4.78 is 0. The van der Waals surface area contributed by atoms with E-state index < -0.39 is 5.97 Å². The highest BCUT2D eigenvalue weighted by Crippen LogP contribution is 2.33. The summed E-state index contributed by atoms with van der Waals surface area (Å²) in [5.41, 5.74) is 3.27. The van der Waals surface area contributed by atoms with Crippen LogP contribution in [0, 0.1) is 0 Å². The lowest BCUT2D eigenvalue weighted by Crippen LogP contribution is -2.43. The van der Waals surface area contributed by atoms with Crippen molar-refractivity contribution in [2.45, 2.75) is 12.5 Å². The lowest BCUT2D eigenvalue weighted by Gasteiger charge is -2.35. The molecule has 2 amide bonds. The third kappa shape index (κ3) is 3.24. The highest BCUT2D eigenvalue weighted by Gasteiger charge is 2.34. The van der Waals surface area contributed by atoms with Gasteiger partial charge < -0.3 is 20.3 Å². The Hall–Kier alpha value is -3.68. The molecule has 1 aromatic carbocycles. The molecule has 1 aliphatic heterocycles. The maximum Gasteiger partial charge on any atom is 0.335 e. The molecule has 0 spiro atoms. The fourth-order valence-electron chi connectivity index (χ4n) is 3.30. The first-order valence-electron chi connectivity index (χ1n) is 8.46. The second-order valence-corrected chi connectivity index (χ2v) is 6.21. The number of hydrogen-bond acceptors (Lipinski definition) is 4. The van der Waals surface area contributed by atoms with Crippen LogP contribution in [0.4, 0.5) is 10.5 Å². The number of aromatic amines is 1. The normalized spacial score (nSPS) is 15.9. The van der Waals surface area contributed by atoms with E-state index in [0.29, 0.717) is 18.7 Å². The van der Waals surface area contributed by atoms with Crippen LogP contribution >= 0.6 is 0 Å². The molecule has 0 saturated carbocycles. The predicted molar refractivity (Wildman–Crippen MR) is 97.5 cm³/mol. The average molecular weight is 363 g/mol. The number of pyridine rings is 1. The molecule has 3 heterocycles. The molecule has 0 bridgehead atoms. The number of nitrogens with one attached hydrogen (secondary N) is 2. The largest absolute Gasteiger partial charge is 0.478 e. The van der Waals surface area contributed by atoms with Crippen LogP contribution < -0.4 is 5.32 Å². The summed E-state index contributed by atoms with van der Waals surface area (Å²) in [5, 5.41) is 11.9. The van der Waals surface area contributed by atoms with Gasteiger partial charge in [-0.2, -0.15) is 0 Å². The minimum Gasteiger partial charge on any atom is -0.478 e. The lowest BCUT2D eigenvalue weighted by atomic mass is 9.97. The van der Waals surface area contributed by atoms with Gasteiger partial charge in [0.1, 0.15) is 6.04 Å². The second kappa shape index (κ2) is 6.91. The predicted octanol–water partition coefficient (Wildman–Crippen LogP) is 2.68. The summed E-state index contributed by atoms with van der Waals surface area (Å²) in [7, 11) is 0. The van der Waals surface area contributed by atoms with Gasteiger partial charge in [0.25, 0.3) is 0 Å². The Balaban J connectivity index is 1.64. The summed E-state index contributed by atoms with van der Waals surface area (Å²) in [6, 6.07) is 9.25. The SMILES string of the molecule is O=C(O)c1cccc(NC(=O)N2CCc3[nH]cnc3[C@H]2c2ccncc2)c1. The van der Waals surface area contributed by atoms with Gasteiger partial charge in [-0.1, -0.05) is 6.07 Å². The Bertz CT molecular complexity index is 986. The number of H-pyrrole nitrogens is 1. The maximum absolute atomic E-state index is 13.0. The Morgan fingerprint density at radius 2 is 2.04 bits per heavy atom. The van der Waals surface area contributed by atoms with Gasteiger partial charge in [0, 0.05) is 36.7 Å². The highest BCUT2D eigenvalue weighted by molar-refractivity contribution is 5.93. The molecule has 1 atom stereocenters. The molecule has 0 saturated heterocycles. The van der Waals surface area contributed by atoms with E-state index >= 15 is 0 Å². The number of carbonyl (C=O) groups is 2. The molecule has 0 radical (unpaired) electrons. The van der Waals surface area contributed by atoms with Crippen LogP contribution in [0.15, 0.2) is 55.1 Å². The fraction of sp³-hybridized carbons (Fsp3) is 0.158. The number of benzene rings is 1. The quantitative estimate of drug-likeness (QED) is 0.662. The van der Waals surface area contributed by atoms with Crippen LogP contribution in [0.3, 0.4) is 0 Å². The number of amides is 2. The lowest BCUT2D eigenvalue weighted by molar-refractivity contribution is 0.0697. The van der Waals surface area contributed by atoms with Crippen molar-refractivity contribution in [3.05, 3.63) is 77.6 Å². The van der Waals surface area contributed by atoms with Gasteiger partial charge in [0.15, 0.2) is 0 Å². The molecule has 3 N–H and O–H groups in total. The van der Waals surface area contributed by atoms with E-state index in [1.807, 2.05) is 12.1 Å². The van der Waals surface area contributed by atoms with Crippen molar-refractivity contribution in [2.24, 2.45) is 0 Å². The summed E-state index contributed by atoms with van der Waals surface area (Å²) in [6.07, 6.45) is 5.67. The molecule has 27 heavy (non-hydrogen) atoms. The van der Waals surface area contributed by atoms with Gasteiger partial charge in [-0.05, 0) is 35.9 Å². The fourth-order valence-corrected chi connectivity index (χ4v) is 3.30. The molecule has 136 valence electrons. The molecule has 3 aromatic rings. The number of carboxylic acids is 1. The van der Waals surface area contributed by atoms with E-state index in [-0.39, 0.29) is 17.6 Å². The van der Waals surface area contributed by atoms with E-state index in [2.05, 4.69) is 20.3 Å². The molecule has 0 unspecified atom stereocenters. The average Bonchev–Trinajstić information content (AvgIpc) is 3.16. The number of hydrogen-bond donors (Lipinski definition) is 3. The minimum atomic E-state index is -1.04. The van der Waals surface area contributed by atoms with E-state index in [1.165, 1.54) is 12.1 Å². The first-order chi connectivity index (χ1) is 13.1. The van der Waals surface area contributed by atoms with Crippen LogP contribution in [0.25, 0.3) is 0 Å². The van der Waals surface area contributed by atoms with Crippen molar-refractivity contribution in [1.82, 2.24) is 19.9 Å². The Morgan fingerprint density at radius 1 is 1.22 bits per heavy atom. The molecule has 2 aromatic heterocycles. The number of urea groups is 1. The number of anilines is 1. The minimum absolute atomic E-state index is 0.117. The molecule has 8 heteroatoms. The Labute approximate surface area is 154 Å². The zero-order valence-electron chi connectivity index (χ0n) is 14.3. The summed E-state index contributed by atoms with van der Waals surface area (Å²) in [5.74, 6) is -1.04. The summed E-state index contributed by atoms with van der Waals surface area (Å²) in [4.78, 5) is 37.4. The van der Waals surface area contributed by atoms with Crippen molar-refractivity contribution in [3.63, 3.8) is 0 Å². The molecular formula is C19H17N5O3. The van der Waals surface area contributed by atoms with Gasteiger partial charge in [0.2, 0.25) is 0 Å². The first kappa shape index (κ1) is 16.8. The van der Waals surface area contributed by atoms with Gasteiger partial charge in [0.05, 0.1) is 17.6 Å². The molecular weight excluding hydrogens is 346 g/mol. The molecule has 0 fully saturated rings. The summed E-state index contributed by atoms with van der Waals surface area (Å²) in [6.45, 7) is 0.507. The van der Waals surface area contributed by atoms with Crippen LogP contribution in [-0.2, 0) is 6.42 Å². The van der Waals surface area contributed by atoms with Crippen LogP contribution in [0.5, 0.6) is 0 Å². The molecule has 0 aliphatic carbocycles. The Morgan fingerprint density at radius 3 is 2.81 bits per heavy atom. The zero-order valence-corrected chi connectivity index (χ0v) is 14.3. The zero-order chi connectivity index (χ0) is 18.8. The number of rotatable bonds is 3. The third-order valence-corrected chi connectivity index (χ3v) is 4.57. The van der Waals surface area contributed by atoms with E-state index in [0.717, 1.165) is 17.0 Å². The third-order valence-electron chi connectivity index (χ3n) is 4.57. The highest BCUT2D eigenvalue weighted by atomic mass is 16.4. The number of fused-ring (bicyclic) bond motifs is 1. The number of carbonyl (C=O) groups excluding carboxylic acids is 1.